The van der Waals surface area contributed by atoms with E-state index in [0.717, 1.165) is 6.07 Å². The van der Waals surface area contributed by atoms with Crippen molar-refractivity contribution >= 4 is 5.91 Å². The van der Waals surface area contributed by atoms with Gasteiger partial charge in [0.05, 0.1) is 18.7 Å². The molecule has 1 rings (SSSR count). The van der Waals surface area contributed by atoms with Crippen LogP contribution in [0.15, 0.2) is 24.3 Å². The van der Waals surface area contributed by atoms with Gasteiger partial charge in [0.2, 0.25) is 0 Å². The number of amides is 1. The average Bonchev–Trinajstić information content (AvgIpc) is 2.44. The fourth-order valence-corrected chi connectivity index (χ4v) is 1.42. The van der Waals surface area contributed by atoms with Gasteiger partial charge in [-0.1, -0.05) is 12.1 Å². The van der Waals surface area contributed by atoms with E-state index in [2.05, 4.69) is 0 Å². The Hall–Kier alpha value is -1.79. The molecule has 0 fully saturated rings. The van der Waals surface area contributed by atoms with Gasteiger partial charge in [0.25, 0.3) is 5.91 Å². The molecule has 7 heteroatoms. The molecular formula is C12H13F4NO2. The van der Waals surface area contributed by atoms with Gasteiger partial charge in [0, 0.05) is 0 Å². The number of para-hydroxylation sites is 1. The minimum Gasteiger partial charge on any atom is -0.496 e. The number of alkyl halides is 4. The molecule has 0 atom stereocenters. The first-order chi connectivity index (χ1) is 8.97. The van der Waals surface area contributed by atoms with Gasteiger partial charge >= 0.3 is 5.92 Å². The molecule has 0 aliphatic heterocycles. The normalized spacial score (nSPS) is 11.5. The largest absolute Gasteiger partial charge is 0.496 e. The first-order valence-electron chi connectivity index (χ1n) is 5.41. The quantitative estimate of drug-likeness (QED) is 0.811. The summed E-state index contributed by atoms with van der Waals surface area (Å²) in [4.78, 5) is 11.4. The molecule has 0 bridgehead atoms. The first kappa shape index (κ1) is 15.3. The number of hydrogen-bond acceptors (Lipinski definition) is 2. The Labute approximate surface area is 107 Å². The molecule has 0 aliphatic rings. The predicted octanol–water partition coefficient (Wildman–Crippen LogP) is 2.21. The Bertz CT molecular complexity index is 435. The number of benzene rings is 1. The van der Waals surface area contributed by atoms with Crippen LogP contribution in [0.1, 0.15) is 5.56 Å². The standard InChI is InChI=1S/C12H13F4NO2/c1-19-10-5-3-2-4-9(10)12(15,16)11(18)17-8(6-13)7-14/h2-5,8H,6-7H2,1H3,(H,17,18). The molecule has 0 unspecified atom stereocenters. The lowest BCUT2D eigenvalue weighted by Gasteiger charge is -2.20. The van der Waals surface area contributed by atoms with E-state index >= 15 is 0 Å². The number of hydrogen-bond donors (Lipinski definition) is 1. The molecule has 3 nitrogen and oxygen atoms in total. The topological polar surface area (TPSA) is 38.3 Å². The van der Waals surface area contributed by atoms with Crippen molar-refractivity contribution in [3.8, 4) is 5.75 Å². The lowest BCUT2D eigenvalue weighted by Crippen LogP contribution is -2.45. The van der Waals surface area contributed by atoms with Gasteiger partial charge in [-0.2, -0.15) is 8.78 Å². The fourth-order valence-electron chi connectivity index (χ4n) is 1.42. The second kappa shape index (κ2) is 6.40. The van der Waals surface area contributed by atoms with Gasteiger partial charge < -0.3 is 10.1 Å². The van der Waals surface area contributed by atoms with E-state index in [9.17, 15) is 22.4 Å². The smallest absolute Gasteiger partial charge is 0.353 e. The van der Waals surface area contributed by atoms with Gasteiger partial charge in [0.1, 0.15) is 19.1 Å². The van der Waals surface area contributed by atoms with Gasteiger partial charge in [0.15, 0.2) is 0 Å². The predicted molar refractivity (Wildman–Crippen MR) is 60.8 cm³/mol. The van der Waals surface area contributed by atoms with E-state index in [0.29, 0.717) is 0 Å². The average molecular weight is 279 g/mol. The highest BCUT2D eigenvalue weighted by molar-refractivity contribution is 5.85. The van der Waals surface area contributed by atoms with Crippen molar-refractivity contribution in [3.63, 3.8) is 0 Å². The number of ether oxygens (including phenoxy) is 1. The van der Waals surface area contributed by atoms with E-state index in [4.69, 9.17) is 4.74 Å². The maximum atomic E-state index is 13.9. The van der Waals surface area contributed by atoms with Crippen LogP contribution in [0, 0.1) is 0 Å². The molecule has 0 aliphatic carbocycles. The maximum Gasteiger partial charge on any atom is 0.353 e. The highest BCUT2D eigenvalue weighted by Gasteiger charge is 2.43. The second-order valence-corrected chi connectivity index (χ2v) is 3.75. The molecule has 0 aromatic heterocycles. The third-order valence-electron chi connectivity index (χ3n) is 2.44. The lowest BCUT2D eigenvalue weighted by atomic mass is 10.1. The molecular weight excluding hydrogens is 266 g/mol. The zero-order valence-electron chi connectivity index (χ0n) is 10.1. The molecule has 1 aromatic rings. The Kier molecular flexibility index (Phi) is 5.14. The summed E-state index contributed by atoms with van der Waals surface area (Å²) < 4.78 is 57.0. The summed E-state index contributed by atoms with van der Waals surface area (Å²) in [5, 5.41) is 1.61. The van der Waals surface area contributed by atoms with E-state index in [1.54, 1.807) is 5.32 Å². The molecule has 0 heterocycles. The van der Waals surface area contributed by atoms with Gasteiger partial charge in [-0.05, 0) is 12.1 Å². The molecule has 1 amide bonds. The number of methoxy groups -OCH3 is 1. The third kappa shape index (κ3) is 3.36. The van der Waals surface area contributed by atoms with Crippen molar-refractivity contribution in [1.29, 1.82) is 0 Å². The van der Waals surface area contributed by atoms with Crippen LogP contribution in [0.2, 0.25) is 0 Å². The van der Waals surface area contributed by atoms with E-state index < -0.39 is 36.8 Å². The fraction of sp³-hybridized carbons (Fsp3) is 0.417. The zero-order chi connectivity index (χ0) is 14.5. The van der Waals surface area contributed by atoms with Crippen molar-refractivity contribution in [2.24, 2.45) is 0 Å². The van der Waals surface area contributed by atoms with Crippen LogP contribution in [0.5, 0.6) is 5.75 Å². The number of rotatable bonds is 6. The Morgan fingerprint density at radius 1 is 1.32 bits per heavy atom. The SMILES string of the molecule is COc1ccccc1C(F)(F)C(=O)NC(CF)CF. The summed E-state index contributed by atoms with van der Waals surface area (Å²) in [6.07, 6.45) is 0. The summed E-state index contributed by atoms with van der Waals surface area (Å²) in [5.74, 6) is -5.88. The van der Waals surface area contributed by atoms with Crippen molar-refractivity contribution in [3.05, 3.63) is 29.8 Å². The minimum absolute atomic E-state index is 0.181. The number of carbonyl (C=O) groups excluding carboxylic acids is 1. The van der Waals surface area contributed by atoms with Crippen molar-refractivity contribution in [2.75, 3.05) is 20.5 Å². The molecule has 1 N–H and O–H groups in total. The Balaban J connectivity index is 2.99. The summed E-state index contributed by atoms with van der Waals surface area (Å²) in [7, 11) is 1.18. The highest BCUT2D eigenvalue weighted by atomic mass is 19.3. The summed E-state index contributed by atoms with van der Waals surface area (Å²) >= 11 is 0. The molecule has 1 aromatic carbocycles. The second-order valence-electron chi connectivity index (χ2n) is 3.75. The van der Waals surface area contributed by atoms with Crippen LogP contribution < -0.4 is 10.1 Å². The third-order valence-corrected chi connectivity index (χ3v) is 2.44. The molecule has 0 saturated carbocycles. The molecule has 0 saturated heterocycles. The van der Waals surface area contributed by atoms with Gasteiger partial charge in [-0.3, -0.25) is 4.79 Å². The summed E-state index contributed by atoms with van der Waals surface area (Å²) in [5.41, 5.74) is -0.661. The summed E-state index contributed by atoms with van der Waals surface area (Å²) in [6, 6.07) is 3.47. The zero-order valence-corrected chi connectivity index (χ0v) is 10.1. The Morgan fingerprint density at radius 3 is 2.42 bits per heavy atom. The molecule has 0 radical (unpaired) electrons. The number of nitrogens with one attached hydrogen (secondary N) is 1. The van der Waals surface area contributed by atoms with Crippen LogP contribution in [-0.2, 0) is 10.7 Å². The maximum absolute atomic E-state index is 13.9. The van der Waals surface area contributed by atoms with E-state index in [-0.39, 0.29) is 5.75 Å². The number of halogens is 4. The first-order valence-corrected chi connectivity index (χ1v) is 5.41. The van der Waals surface area contributed by atoms with Gasteiger partial charge in [-0.15, -0.1) is 0 Å². The minimum atomic E-state index is -3.94. The highest BCUT2D eigenvalue weighted by Crippen LogP contribution is 2.35. The van der Waals surface area contributed by atoms with E-state index in [1.165, 1.54) is 25.3 Å². The van der Waals surface area contributed by atoms with Crippen molar-refractivity contribution < 1.29 is 27.1 Å². The lowest BCUT2D eigenvalue weighted by molar-refractivity contribution is -0.148. The summed E-state index contributed by atoms with van der Waals surface area (Å²) in [6.45, 7) is -2.52. The monoisotopic (exact) mass is 279 g/mol. The molecule has 0 spiro atoms. The van der Waals surface area contributed by atoms with Crippen LogP contribution >= 0.6 is 0 Å². The number of carbonyl (C=O) groups is 1. The molecule has 106 valence electrons. The van der Waals surface area contributed by atoms with E-state index in [1.807, 2.05) is 0 Å². The van der Waals surface area contributed by atoms with Crippen molar-refractivity contribution in [1.82, 2.24) is 5.32 Å². The van der Waals surface area contributed by atoms with Crippen LogP contribution in [0.25, 0.3) is 0 Å². The van der Waals surface area contributed by atoms with Crippen molar-refractivity contribution in [2.45, 2.75) is 12.0 Å². The van der Waals surface area contributed by atoms with Gasteiger partial charge in [-0.25, -0.2) is 8.78 Å². The molecule has 19 heavy (non-hydrogen) atoms. The van der Waals surface area contributed by atoms with Crippen LogP contribution in [-0.4, -0.2) is 32.4 Å². The van der Waals surface area contributed by atoms with Crippen LogP contribution in [0.3, 0.4) is 0 Å². The Morgan fingerprint density at radius 2 is 1.89 bits per heavy atom. The van der Waals surface area contributed by atoms with Crippen LogP contribution in [0.4, 0.5) is 17.6 Å².